The van der Waals surface area contributed by atoms with Gasteiger partial charge in [-0.25, -0.2) is 0 Å². The molecule has 0 saturated heterocycles. The summed E-state index contributed by atoms with van der Waals surface area (Å²) in [5, 5.41) is 10.4. The minimum Gasteiger partial charge on any atom is -0.422 e. The van der Waals surface area contributed by atoms with E-state index in [4.69, 9.17) is 15.2 Å². The molecule has 0 aromatic carbocycles. The average molecular weight is 584 g/mol. The van der Waals surface area contributed by atoms with Crippen molar-refractivity contribution in [2.75, 3.05) is 0 Å². The Kier molecular flexibility index (Phi) is 25.7. The molecular formula is C35H69NO5. The summed E-state index contributed by atoms with van der Waals surface area (Å²) in [7, 11) is 0. The highest BCUT2D eigenvalue weighted by Crippen LogP contribution is 2.30. The molecular weight excluding hydrogens is 514 g/mol. The number of hydrogen-bond acceptors (Lipinski definition) is 6. The maximum absolute atomic E-state index is 12.8. The van der Waals surface area contributed by atoms with Crippen molar-refractivity contribution in [3.63, 3.8) is 0 Å². The van der Waals surface area contributed by atoms with Gasteiger partial charge < -0.3 is 20.3 Å². The highest BCUT2D eigenvalue weighted by atomic mass is 16.7. The third kappa shape index (κ3) is 26.2. The lowest BCUT2D eigenvalue weighted by molar-refractivity contribution is -0.246. The first-order valence-corrected chi connectivity index (χ1v) is 17.6. The topological polar surface area (TPSA) is 98.8 Å². The summed E-state index contributed by atoms with van der Waals surface area (Å²) in [5.74, 6) is -2.29. The molecule has 0 rings (SSSR count). The summed E-state index contributed by atoms with van der Waals surface area (Å²) in [6, 6.07) is 0. The molecule has 0 heterocycles. The smallest absolute Gasteiger partial charge is 0.309 e. The van der Waals surface area contributed by atoms with E-state index in [-0.39, 0.29) is 31.2 Å². The van der Waals surface area contributed by atoms with Crippen LogP contribution in [0, 0.1) is 0 Å². The predicted octanol–water partition coefficient (Wildman–Crippen LogP) is 10.0. The highest BCUT2D eigenvalue weighted by Gasteiger charge is 2.42. The highest BCUT2D eigenvalue weighted by molar-refractivity contribution is 5.72. The Balaban J connectivity index is 4.42. The number of carbonyl (C=O) groups is 2. The molecule has 1 atom stereocenters. The molecule has 0 aliphatic carbocycles. The number of unbranched alkanes of at least 4 members (excludes halogenated alkanes) is 20. The molecule has 6 heteroatoms. The van der Waals surface area contributed by atoms with Crippen molar-refractivity contribution in [2.45, 2.75) is 213 Å². The molecule has 0 aromatic rings. The van der Waals surface area contributed by atoms with Crippen molar-refractivity contribution < 1.29 is 24.2 Å². The fourth-order valence-corrected chi connectivity index (χ4v) is 5.59. The summed E-state index contributed by atoms with van der Waals surface area (Å²) < 4.78 is 11.6. The van der Waals surface area contributed by atoms with E-state index in [1.165, 1.54) is 110 Å². The van der Waals surface area contributed by atoms with Gasteiger partial charge in [-0.15, -0.1) is 0 Å². The molecule has 41 heavy (non-hydrogen) atoms. The van der Waals surface area contributed by atoms with E-state index in [0.717, 1.165) is 38.5 Å². The Morgan fingerprint density at radius 3 is 1.10 bits per heavy atom. The van der Waals surface area contributed by atoms with Gasteiger partial charge in [0.2, 0.25) is 0 Å². The van der Waals surface area contributed by atoms with Gasteiger partial charge in [0.25, 0.3) is 5.79 Å². The number of ether oxygens (including phenoxy) is 2. The summed E-state index contributed by atoms with van der Waals surface area (Å²) in [6.45, 7) is 7.88. The first kappa shape index (κ1) is 39.9. The standard InChI is InChI=1S/C35H69NO5/c1-5-8-10-12-14-16-18-20-22-24-26-28-32(37)40-35(30-7-3,31-34(4,36)39)41-33(38)29-27-25-23-21-19-17-15-13-11-9-6-2/h39H,5-31,36H2,1-4H3. The van der Waals surface area contributed by atoms with E-state index in [9.17, 15) is 14.7 Å². The monoisotopic (exact) mass is 584 g/mol. The van der Waals surface area contributed by atoms with Crippen LogP contribution < -0.4 is 5.73 Å². The lowest BCUT2D eigenvalue weighted by atomic mass is 9.99. The number of hydrogen-bond donors (Lipinski definition) is 2. The van der Waals surface area contributed by atoms with Crippen LogP contribution >= 0.6 is 0 Å². The molecule has 0 aromatic heterocycles. The summed E-state index contributed by atoms with van der Waals surface area (Å²) in [4.78, 5) is 25.6. The average Bonchev–Trinajstić information content (AvgIpc) is 2.89. The quantitative estimate of drug-likeness (QED) is 0.0496. The minimum atomic E-state index is -1.62. The molecule has 0 saturated carbocycles. The van der Waals surface area contributed by atoms with Gasteiger partial charge in [0.05, 0.1) is 6.42 Å². The molecule has 1 unspecified atom stereocenters. The van der Waals surface area contributed by atoms with Gasteiger partial charge in [-0.2, -0.15) is 0 Å². The third-order valence-electron chi connectivity index (χ3n) is 7.83. The SMILES string of the molecule is CCCCCCCCCCCCCC(=O)OC(CCC)(CC(C)(N)O)OC(=O)CCCCCCCCCCCCC. The van der Waals surface area contributed by atoms with Crippen LogP contribution in [0.2, 0.25) is 0 Å². The van der Waals surface area contributed by atoms with Crippen molar-refractivity contribution in [3.8, 4) is 0 Å². The van der Waals surface area contributed by atoms with Crippen molar-refractivity contribution in [2.24, 2.45) is 5.73 Å². The maximum Gasteiger partial charge on any atom is 0.309 e. The van der Waals surface area contributed by atoms with E-state index >= 15 is 0 Å². The van der Waals surface area contributed by atoms with E-state index in [1.54, 1.807) is 0 Å². The zero-order valence-electron chi connectivity index (χ0n) is 27.7. The van der Waals surface area contributed by atoms with Gasteiger partial charge in [-0.05, 0) is 26.2 Å². The molecule has 0 aliphatic heterocycles. The van der Waals surface area contributed by atoms with Crippen LogP contribution in [0.1, 0.15) is 201 Å². The van der Waals surface area contributed by atoms with Gasteiger partial charge in [-0.3, -0.25) is 9.59 Å². The molecule has 0 radical (unpaired) electrons. The van der Waals surface area contributed by atoms with Crippen LogP contribution in [0.25, 0.3) is 0 Å². The van der Waals surface area contributed by atoms with Crippen molar-refractivity contribution >= 4 is 11.9 Å². The summed E-state index contributed by atoms with van der Waals surface area (Å²) in [6.07, 6.45) is 27.9. The van der Waals surface area contributed by atoms with Gasteiger partial charge in [0, 0.05) is 19.3 Å². The van der Waals surface area contributed by atoms with Gasteiger partial charge in [-0.1, -0.05) is 149 Å². The van der Waals surface area contributed by atoms with Crippen molar-refractivity contribution in [3.05, 3.63) is 0 Å². The molecule has 244 valence electrons. The Morgan fingerprint density at radius 2 is 0.829 bits per heavy atom. The second kappa shape index (κ2) is 26.5. The predicted molar refractivity (Wildman–Crippen MR) is 171 cm³/mol. The largest absolute Gasteiger partial charge is 0.422 e. The van der Waals surface area contributed by atoms with Crippen LogP contribution in [0.3, 0.4) is 0 Å². The number of esters is 2. The molecule has 0 spiro atoms. The van der Waals surface area contributed by atoms with Gasteiger partial charge in [0.1, 0.15) is 5.72 Å². The summed E-state index contributed by atoms with van der Waals surface area (Å²) in [5.41, 5.74) is 4.28. The fourth-order valence-electron chi connectivity index (χ4n) is 5.59. The maximum atomic E-state index is 12.8. The number of carbonyl (C=O) groups excluding carboxylic acids is 2. The Hall–Kier alpha value is -1.14. The molecule has 0 bridgehead atoms. The Bertz CT molecular complexity index is 576. The second-order valence-electron chi connectivity index (χ2n) is 12.7. The lowest BCUT2D eigenvalue weighted by Gasteiger charge is -2.36. The number of aliphatic hydroxyl groups is 1. The normalized spacial score (nSPS) is 13.2. The first-order valence-electron chi connectivity index (χ1n) is 17.6. The van der Waals surface area contributed by atoms with Crippen molar-refractivity contribution in [1.29, 1.82) is 0 Å². The number of rotatable bonds is 30. The van der Waals surface area contributed by atoms with E-state index in [1.807, 2.05) is 6.92 Å². The summed E-state index contributed by atoms with van der Waals surface area (Å²) >= 11 is 0. The van der Waals surface area contributed by atoms with Crippen LogP contribution in [-0.2, 0) is 19.1 Å². The van der Waals surface area contributed by atoms with E-state index in [0.29, 0.717) is 12.8 Å². The first-order chi connectivity index (χ1) is 19.7. The molecule has 0 fully saturated rings. The zero-order valence-corrected chi connectivity index (χ0v) is 27.7. The molecule has 0 aliphatic rings. The molecule has 6 nitrogen and oxygen atoms in total. The van der Waals surface area contributed by atoms with Crippen LogP contribution in [0.4, 0.5) is 0 Å². The second-order valence-corrected chi connectivity index (χ2v) is 12.7. The molecule has 0 amide bonds. The lowest BCUT2D eigenvalue weighted by Crippen LogP contribution is -2.50. The van der Waals surface area contributed by atoms with Crippen LogP contribution in [0.5, 0.6) is 0 Å². The Labute approximate surface area is 254 Å². The minimum absolute atomic E-state index is 0.137. The van der Waals surface area contributed by atoms with E-state index < -0.39 is 11.5 Å². The Morgan fingerprint density at radius 1 is 0.537 bits per heavy atom. The fraction of sp³-hybridized carbons (Fsp3) is 0.943. The third-order valence-corrected chi connectivity index (χ3v) is 7.83. The zero-order chi connectivity index (χ0) is 30.7. The van der Waals surface area contributed by atoms with Gasteiger partial charge in [0.15, 0.2) is 0 Å². The molecule has 3 N–H and O–H groups in total. The van der Waals surface area contributed by atoms with Crippen LogP contribution in [0.15, 0.2) is 0 Å². The van der Waals surface area contributed by atoms with Crippen molar-refractivity contribution in [1.82, 2.24) is 0 Å². The number of nitrogens with two attached hydrogens (primary N) is 1. The van der Waals surface area contributed by atoms with Gasteiger partial charge >= 0.3 is 11.9 Å². The van der Waals surface area contributed by atoms with Crippen LogP contribution in [-0.4, -0.2) is 28.6 Å². The van der Waals surface area contributed by atoms with E-state index in [2.05, 4.69) is 13.8 Å².